The third-order valence-corrected chi connectivity index (χ3v) is 3.16. The number of carbonyl (C=O) groups excluding carboxylic acids is 1. The largest absolute Gasteiger partial charge is 0.496 e. The van der Waals surface area contributed by atoms with E-state index in [1.807, 2.05) is 24.3 Å². The minimum Gasteiger partial charge on any atom is -0.496 e. The van der Waals surface area contributed by atoms with Gasteiger partial charge in [-0.15, -0.1) is 0 Å². The minimum atomic E-state index is -0.299. The number of aromatic amines is 1. The van der Waals surface area contributed by atoms with Crippen molar-refractivity contribution in [2.24, 2.45) is 7.05 Å². The van der Waals surface area contributed by atoms with Gasteiger partial charge in [-0.05, 0) is 18.2 Å². The average molecular weight is 297 g/mol. The maximum absolute atomic E-state index is 12.2. The molecule has 0 atom stereocenters. The number of anilines is 1. The standard InChI is InChI=1S/C15H15N5O2/c1-20-8-7-14(19-20)16-15(21)12-9-11(17-18-12)10-5-3-4-6-13(10)22-2/h3-9H,1-2H3,(H,17,18)(H,16,19,21). The van der Waals surface area contributed by atoms with Crippen molar-refractivity contribution < 1.29 is 9.53 Å². The number of aromatic nitrogens is 4. The number of hydrogen-bond acceptors (Lipinski definition) is 4. The Bertz CT molecular complexity index is 806. The number of hydrogen-bond donors (Lipinski definition) is 2. The molecule has 2 N–H and O–H groups in total. The number of methoxy groups -OCH3 is 1. The van der Waals surface area contributed by atoms with Gasteiger partial charge in [0.1, 0.15) is 11.4 Å². The Morgan fingerprint density at radius 2 is 2.14 bits per heavy atom. The van der Waals surface area contributed by atoms with Crippen molar-refractivity contribution in [3.05, 3.63) is 48.3 Å². The van der Waals surface area contributed by atoms with Gasteiger partial charge in [-0.2, -0.15) is 10.2 Å². The Morgan fingerprint density at radius 3 is 2.86 bits per heavy atom. The molecule has 0 saturated carbocycles. The van der Waals surface area contributed by atoms with E-state index in [0.29, 0.717) is 23.0 Å². The normalized spacial score (nSPS) is 10.5. The lowest BCUT2D eigenvalue weighted by molar-refractivity contribution is 0.102. The van der Waals surface area contributed by atoms with Gasteiger partial charge in [0.05, 0.1) is 12.8 Å². The zero-order chi connectivity index (χ0) is 15.5. The predicted octanol–water partition coefficient (Wildman–Crippen LogP) is 2.07. The fourth-order valence-corrected chi connectivity index (χ4v) is 2.10. The van der Waals surface area contributed by atoms with Crippen LogP contribution in [0.1, 0.15) is 10.5 Å². The van der Waals surface area contributed by atoms with Crippen LogP contribution in [0.25, 0.3) is 11.3 Å². The van der Waals surface area contributed by atoms with E-state index < -0.39 is 0 Å². The van der Waals surface area contributed by atoms with E-state index in [1.54, 1.807) is 37.2 Å². The third-order valence-electron chi connectivity index (χ3n) is 3.16. The lowest BCUT2D eigenvalue weighted by Gasteiger charge is -2.04. The summed E-state index contributed by atoms with van der Waals surface area (Å²) in [4.78, 5) is 12.2. The molecule has 2 aromatic heterocycles. The molecule has 1 amide bonds. The molecule has 0 unspecified atom stereocenters. The van der Waals surface area contributed by atoms with Gasteiger partial charge in [0, 0.05) is 24.9 Å². The Labute approximate surface area is 126 Å². The van der Waals surface area contributed by atoms with Gasteiger partial charge in [0.2, 0.25) is 0 Å². The van der Waals surface area contributed by atoms with Crippen LogP contribution in [-0.4, -0.2) is 33.0 Å². The molecule has 2 heterocycles. The van der Waals surface area contributed by atoms with Crippen LogP contribution in [0.5, 0.6) is 5.75 Å². The fraction of sp³-hybridized carbons (Fsp3) is 0.133. The summed E-state index contributed by atoms with van der Waals surface area (Å²) in [6.45, 7) is 0. The van der Waals surface area contributed by atoms with Gasteiger partial charge < -0.3 is 10.1 Å². The predicted molar refractivity (Wildman–Crippen MR) is 81.7 cm³/mol. The molecule has 0 radical (unpaired) electrons. The Morgan fingerprint density at radius 1 is 1.32 bits per heavy atom. The number of para-hydroxylation sites is 1. The number of benzene rings is 1. The van der Waals surface area contributed by atoms with Crippen molar-refractivity contribution in [3.63, 3.8) is 0 Å². The maximum atomic E-state index is 12.2. The second kappa shape index (κ2) is 5.72. The molecule has 0 aliphatic carbocycles. The zero-order valence-corrected chi connectivity index (χ0v) is 12.2. The van der Waals surface area contributed by atoms with E-state index in [-0.39, 0.29) is 5.91 Å². The molecule has 0 spiro atoms. The number of carbonyl (C=O) groups is 1. The molecule has 3 rings (SSSR count). The maximum Gasteiger partial charge on any atom is 0.274 e. The lowest BCUT2D eigenvalue weighted by atomic mass is 10.1. The first-order chi connectivity index (χ1) is 10.7. The third kappa shape index (κ3) is 2.69. The molecule has 1 aromatic carbocycles. The molecule has 0 aliphatic rings. The summed E-state index contributed by atoms with van der Waals surface area (Å²) in [5.74, 6) is 0.888. The first kappa shape index (κ1) is 13.9. The summed E-state index contributed by atoms with van der Waals surface area (Å²) in [5, 5.41) is 13.7. The van der Waals surface area contributed by atoms with E-state index in [0.717, 1.165) is 5.56 Å². The molecule has 112 valence electrons. The number of amides is 1. The molecule has 0 bridgehead atoms. The van der Waals surface area contributed by atoms with Gasteiger partial charge in [0.15, 0.2) is 5.82 Å². The van der Waals surface area contributed by atoms with Crippen molar-refractivity contribution in [2.45, 2.75) is 0 Å². The van der Waals surface area contributed by atoms with Crippen molar-refractivity contribution >= 4 is 11.7 Å². The highest BCUT2D eigenvalue weighted by Gasteiger charge is 2.14. The molecule has 0 fully saturated rings. The van der Waals surface area contributed by atoms with E-state index in [1.165, 1.54) is 0 Å². The lowest BCUT2D eigenvalue weighted by Crippen LogP contribution is -2.12. The second-order valence-electron chi connectivity index (χ2n) is 4.70. The number of nitrogens with one attached hydrogen (secondary N) is 2. The highest BCUT2D eigenvalue weighted by Crippen LogP contribution is 2.28. The monoisotopic (exact) mass is 297 g/mol. The van der Waals surface area contributed by atoms with Crippen LogP contribution in [0.3, 0.4) is 0 Å². The van der Waals surface area contributed by atoms with Crippen LogP contribution < -0.4 is 10.1 Å². The summed E-state index contributed by atoms with van der Waals surface area (Å²) in [6, 6.07) is 10.9. The van der Waals surface area contributed by atoms with Crippen LogP contribution in [0.2, 0.25) is 0 Å². The van der Waals surface area contributed by atoms with Crippen LogP contribution in [0, 0.1) is 0 Å². The number of H-pyrrole nitrogens is 1. The summed E-state index contributed by atoms with van der Waals surface area (Å²) < 4.78 is 6.91. The van der Waals surface area contributed by atoms with Crippen LogP contribution in [-0.2, 0) is 7.05 Å². The Balaban J connectivity index is 1.82. The fourth-order valence-electron chi connectivity index (χ4n) is 2.10. The summed E-state index contributed by atoms with van der Waals surface area (Å²) in [7, 11) is 3.38. The van der Waals surface area contributed by atoms with Gasteiger partial charge in [-0.3, -0.25) is 14.6 Å². The van der Waals surface area contributed by atoms with E-state index >= 15 is 0 Å². The molecular formula is C15H15N5O2. The highest BCUT2D eigenvalue weighted by atomic mass is 16.5. The number of aryl methyl sites for hydroxylation is 1. The second-order valence-corrected chi connectivity index (χ2v) is 4.70. The minimum absolute atomic E-state index is 0.299. The van der Waals surface area contributed by atoms with E-state index in [9.17, 15) is 4.79 Å². The smallest absolute Gasteiger partial charge is 0.274 e. The quantitative estimate of drug-likeness (QED) is 0.772. The van der Waals surface area contributed by atoms with Crippen LogP contribution >= 0.6 is 0 Å². The van der Waals surface area contributed by atoms with Crippen molar-refractivity contribution in [1.82, 2.24) is 20.0 Å². The number of ether oxygens (including phenoxy) is 1. The van der Waals surface area contributed by atoms with Gasteiger partial charge in [0.25, 0.3) is 5.91 Å². The highest BCUT2D eigenvalue weighted by molar-refractivity contribution is 6.02. The molecule has 22 heavy (non-hydrogen) atoms. The molecule has 3 aromatic rings. The van der Waals surface area contributed by atoms with Crippen molar-refractivity contribution in [3.8, 4) is 17.0 Å². The first-order valence-electron chi connectivity index (χ1n) is 6.67. The van der Waals surface area contributed by atoms with Crippen molar-refractivity contribution in [2.75, 3.05) is 12.4 Å². The summed E-state index contributed by atoms with van der Waals surface area (Å²) >= 11 is 0. The number of rotatable bonds is 4. The van der Waals surface area contributed by atoms with Crippen LogP contribution in [0.15, 0.2) is 42.6 Å². The van der Waals surface area contributed by atoms with Gasteiger partial charge >= 0.3 is 0 Å². The Hall–Kier alpha value is -3.09. The zero-order valence-electron chi connectivity index (χ0n) is 12.2. The summed E-state index contributed by atoms with van der Waals surface area (Å²) in [5.41, 5.74) is 1.81. The SMILES string of the molecule is COc1ccccc1-c1cc(C(=O)Nc2ccn(C)n2)[nH]n1. The van der Waals surface area contributed by atoms with E-state index in [4.69, 9.17) is 4.74 Å². The molecular weight excluding hydrogens is 282 g/mol. The van der Waals surface area contributed by atoms with Gasteiger partial charge in [-0.1, -0.05) is 12.1 Å². The molecule has 7 heteroatoms. The number of nitrogens with zero attached hydrogens (tertiary/aromatic N) is 3. The molecule has 7 nitrogen and oxygen atoms in total. The van der Waals surface area contributed by atoms with Crippen LogP contribution in [0.4, 0.5) is 5.82 Å². The summed E-state index contributed by atoms with van der Waals surface area (Å²) in [6.07, 6.45) is 1.75. The average Bonchev–Trinajstić information content (AvgIpc) is 3.16. The Kier molecular flexibility index (Phi) is 3.61. The molecule has 0 aliphatic heterocycles. The van der Waals surface area contributed by atoms with E-state index in [2.05, 4.69) is 20.6 Å². The molecule has 0 saturated heterocycles. The topological polar surface area (TPSA) is 84.8 Å². The van der Waals surface area contributed by atoms with Crippen molar-refractivity contribution in [1.29, 1.82) is 0 Å². The first-order valence-corrected chi connectivity index (χ1v) is 6.67. The van der Waals surface area contributed by atoms with Gasteiger partial charge in [-0.25, -0.2) is 0 Å².